The summed E-state index contributed by atoms with van der Waals surface area (Å²) in [5.74, 6) is -0.0104. The maximum atomic E-state index is 11.4. The van der Waals surface area contributed by atoms with Crippen molar-refractivity contribution in [1.82, 2.24) is 10.2 Å². The van der Waals surface area contributed by atoms with Crippen LogP contribution in [-0.2, 0) is 4.79 Å². The van der Waals surface area contributed by atoms with Gasteiger partial charge in [-0.1, -0.05) is 0 Å². The number of nitrogens with zero attached hydrogens (tertiary/aromatic N) is 1. The number of carbonyl (C=O) groups excluding carboxylic acids is 1. The predicted molar refractivity (Wildman–Crippen MR) is 54.8 cm³/mol. The molecule has 0 aromatic heterocycles. The van der Waals surface area contributed by atoms with Gasteiger partial charge in [-0.15, -0.1) is 0 Å². The normalized spacial score (nSPS) is 34.1. The van der Waals surface area contributed by atoms with Crippen LogP contribution in [-0.4, -0.2) is 42.0 Å². The molecular weight excluding hydrogens is 178 g/mol. The third-order valence-electron chi connectivity index (χ3n) is 3.35. The highest BCUT2D eigenvalue weighted by Gasteiger charge is 2.37. The molecule has 0 aromatic rings. The molecule has 3 N–H and O–H groups in total. The molecule has 0 aromatic carbocycles. The molecule has 0 radical (unpaired) electrons. The molecule has 0 spiro atoms. The van der Waals surface area contributed by atoms with Gasteiger partial charge >= 0.3 is 0 Å². The molecule has 3 atom stereocenters. The first-order chi connectivity index (χ1) is 6.68. The quantitative estimate of drug-likeness (QED) is 0.638. The van der Waals surface area contributed by atoms with Crippen LogP contribution in [0.5, 0.6) is 0 Å². The Hall–Kier alpha value is -0.610. The number of fused-ring (bicyclic) bond motifs is 1. The molecule has 2 aliphatic rings. The highest BCUT2D eigenvalue weighted by Crippen LogP contribution is 2.27. The van der Waals surface area contributed by atoms with Gasteiger partial charge in [0.05, 0.1) is 6.04 Å². The van der Waals surface area contributed by atoms with Gasteiger partial charge in [0.2, 0.25) is 5.91 Å². The van der Waals surface area contributed by atoms with Crippen LogP contribution in [0.1, 0.15) is 26.2 Å². The van der Waals surface area contributed by atoms with E-state index in [2.05, 4.69) is 10.2 Å². The van der Waals surface area contributed by atoms with Crippen molar-refractivity contribution in [2.45, 2.75) is 44.3 Å². The lowest BCUT2D eigenvalue weighted by atomic mass is 10.1. The smallest absolute Gasteiger partial charge is 0.236 e. The molecule has 4 heteroatoms. The number of rotatable bonds is 2. The van der Waals surface area contributed by atoms with Gasteiger partial charge in [0.1, 0.15) is 0 Å². The van der Waals surface area contributed by atoms with Crippen molar-refractivity contribution in [3.05, 3.63) is 0 Å². The summed E-state index contributed by atoms with van der Waals surface area (Å²) in [6, 6.07) is 0.541. The molecule has 0 saturated carbocycles. The second kappa shape index (κ2) is 3.87. The summed E-state index contributed by atoms with van der Waals surface area (Å²) in [7, 11) is 0. The molecule has 0 bridgehead atoms. The van der Waals surface area contributed by atoms with Gasteiger partial charge < -0.3 is 11.1 Å². The van der Waals surface area contributed by atoms with Gasteiger partial charge in [-0.3, -0.25) is 9.69 Å². The number of hydrogen-bond donors (Lipinski definition) is 2. The van der Waals surface area contributed by atoms with E-state index in [-0.39, 0.29) is 11.9 Å². The lowest BCUT2D eigenvalue weighted by Gasteiger charge is -2.22. The van der Waals surface area contributed by atoms with Gasteiger partial charge in [0.25, 0.3) is 0 Å². The van der Waals surface area contributed by atoms with Crippen molar-refractivity contribution in [3.63, 3.8) is 0 Å². The Labute approximate surface area is 84.8 Å². The van der Waals surface area contributed by atoms with Crippen LogP contribution in [0.15, 0.2) is 0 Å². The highest BCUT2D eigenvalue weighted by molar-refractivity contribution is 5.81. The van der Waals surface area contributed by atoms with Gasteiger partial charge in [-0.25, -0.2) is 0 Å². The molecular formula is C10H19N3O. The fourth-order valence-electron chi connectivity index (χ4n) is 2.57. The van der Waals surface area contributed by atoms with E-state index in [0.29, 0.717) is 12.1 Å². The zero-order chi connectivity index (χ0) is 10.1. The number of amides is 1. The zero-order valence-corrected chi connectivity index (χ0v) is 8.70. The second-order valence-corrected chi connectivity index (χ2v) is 4.44. The van der Waals surface area contributed by atoms with Crippen LogP contribution in [0.3, 0.4) is 0 Å². The molecule has 1 amide bonds. The minimum absolute atomic E-state index is 0.0104. The van der Waals surface area contributed by atoms with Crippen LogP contribution in [0.25, 0.3) is 0 Å². The summed E-state index contributed by atoms with van der Waals surface area (Å²) in [5, 5.41) is 3.04. The first kappa shape index (κ1) is 9.93. The fourth-order valence-corrected chi connectivity index (χ4v) is 2.57. The summed E-state index contributed by atoms with van der Waals surface area (Å²) in [6.07, 6.45) is 3.59. The van der Waals surface area contributed by atoms with Crippen LogP contribution in [0.4, 0.5) is 0 Å². The van der Waals surface area contributed by atoms with E-state index < -0.39 is 0 Å². The summed E-state index contributed by atoms with van der Waals surface area (Å²) in [6.45, 7) is 4.07. The molecule has 2 saturated heterocycles. The first-order valence-electron chi connectivity index (χ1n) is 5.48. The summed E-state index contributed by atoms with van der Waals surface area (Å²) >= 11 is 0. The molecule has 2 rings (SSSR count). The van der Waals surface area contributed by atoms with E-state index in [1.54, 1.807) is 6.92 Å². The molecule has 0 aliphatic carbocycles. The minimum atomic E-state index is -0.384. The first-order valence-corrected chi connectivity index (χ1v) is 5.48. The molecule has 2 aliphatic heterocycles. The van der Waals surface area contributed by atoms with Crippen molar-refractivity contribution < 1.29 is 4.79 Å². The molecule has 2 heterocycles. The van der Waals surface area contributed by atoms with Crippen molar-refractivity contribution in [2.24, 2.45) is 5.73 Å². The Balaban J connectivity index is 1.90. The maximum Gasteiger partial charge on any atom is 0.236 e. The Morgan fingerprint density at radius 3 is 3.00 bits per heavy atom. The Morgan fingerprint density at radius 1 is 1.50 bits per heavy atom. The predicted octanol–water partition coefficient (Wildman–Crippen LogP) is -0.313. The van der Waals surface area contributed by atoms with E-state index in [9.17, 15) is 4.79 Å². The Bertz CT molecular complexity index is 229. The fraction of sp³-hybridized carbons (Fsp3) is 0.900. The van der Waals surface area contributed by atoms with E-state index >= 15 is 0 Å². The summed E-state index contributed by atoms with van der Waals surface area (Å²) in [5.41, 5.74) is 5.53. The van der Waals surface area contributed by atoms with Gasteiger partial charge in [0, 0.05) is 18.6 Å². The summed E-state index contributed by atoms with van der Waals surface area (Å²) in [4.78, 5) is 13.9. The lowest BCUT2D eigenvalue weighted by Crippen LogP contribution is -2.47. The third-order valence-corrected chi connectivity index (χ3v) is 3.35. The molecule has 3 unspecified atom stereocenters. The minimum Gasteiger partial charge on any atom is -0.350 e. The summed E-state index contributed by atoms with van der Waals surface area (Å²) < 4.78 is 0. The van der Waals surface area contributed by atoms with E-state index in [1.165, 1.54) is 19.4 Å². The van der Waals surface area contributed by atoms with Gasteiger partial charge in [-0.05, 0) is 32.7 Å². The second-order valence-electron chi connectivity index (χ2n) is 4.44. The molecule has 14 heavy (non-hydrogen) atoms. The maximum absolute atomic E-state index is 11.4. The third kappa shape index (κ3) is 1.77. The van der Waals surface area contributed by atoms with Crippen molar-refractivity contribution >= 4 is 5.91 Å². The van der Waals surface area contributed by atoms with Crippen LogP contribution in [0, 0.1) is 0 Å². The topological polar surface area (TPSA) is 58.4 Å². The van der Waals surface area contributed by atoms with Gasteiger partial charge in [-0.2, -0.15) is 0 Å². The van der Waals surface area contributed by atoms with Crippen molar-refractivity contribution in [2.75, 3.05) is 13.1 Å². The van der Waals surface area contributed by atoms with Crippen LogP contribution >= 0.6 is 0 Å². The average molecular weight is 197 g/mol. The van der Waals surface area contributed by atoms with Crippen LogP contribution < -0.4 is 11.1 Å². The Kier molecular flexibility index (Phi) is 2.74. The van der Waals surface area contributed by atoms with E-state index in [0.717, 1.165) is 13.0 Å². The Morgan fingerprint density at radius 2 is 2.29 bits per heavy atom. The zero-order valence-electron chi connectivity index (χ0n) is 8.70. The number of hydrogen-bond acceptors (Lipinski definition) is 3. The largest absolute Gasteiger partial charge is 0.350 e. The number of nitrogens with one attached hydrogen (secondary N) is 1. The monoisotopic (exact) mass is 197 g/mol. The lowest BCUT2D eigenvalue weighted by molar-refractivity contribution is -0.122. The molecule has 80 valence electrons. The van der Waals surface area contributed by atoms with Gasteiger partial charge in [0.15, 0.2) is 0 Å². The van der Waals surface area contributed by atoms with E-state index in [4.69, 9.17) is 5.73 Å². The van der Waals surface area contributed by atoms with Crippen molar-refractivity contribution in [3.8, 4) is 0 Å². The standard InChI is InChI=1S/C10H19N3O/c1-7(11)10(14)12-8-4-6-13-5-2-3-9(8)13/h7-9H,2-6,11H2,1H3,(H,12,14). The van der Waals surface area contributed by atoms with Crippen LogP contribution in [0.2, 0.25) is 0 Å². The average Bonchev–Trinajstić information content (AvgIpc) is 2.69. The SMILES string of the molecule is CC(N)C(=O)NC1CCN2CCCC12. The number of nitrogens with two attached hydrogens (primary N) is 1. The number of carbonyl (C=O) groups is 1. The van der Waals surface area contributed by atoms with Crippen molar-refractivity contribution in [1.29, 1.82) is 0 Å². The highest BCUT2D eigenvalue weighted by atomic mass is 16.2. The molecule has 2 fully saturated rings. The molecule has 4 nitrogen and oxygen atoms in total. The van der Waals surface area contributed by atoms with E-state index in [1.807, 2.05) is 0 Å².